The Kier molecular flexibility index (Phi) is 6.62. The van der Waals surface area contributed by atoms with Crippen molar-refractivity contribution >= 4 is 0 Å². The van der Waals surface area contributed by atoms with E-state index in [-0.39, 0.29) is 0 Å². The highest BCUT2D eigenvalue weighted by atomic mass is 16.5. The number of nitrogens with zero attached hydrogens (tertiary/aromatic N) is 1. The van der Waals surface area contributed by atoms with Gasteiger partial charge in [0.05, 0.1) is 6.10 Å². The average molecular weight is 268 g/mol. The molecule has 0 aromatic heterocycles. The molecule has 1 aliphatic carbocycles. The third kappa shape index (κ3) is 4.73. The number of nitrogens with one attached hydrogen (secondary N) is 1. The number of hydrogen-bond acceptors (Lipinski definition) is 3. The van der Waals surface area contributed by atoms with E-state index in [0.717, 1.165) is 6.04 Å². The van der Waals surface area contributed by atoms with Gasteiger partial charge in [0.15, 0.2) is 0 Å². The van der Waals surface area contributed by atoms with Crippen LogP contribution >= 0.6 is 0 Å². The lowest BCUT2D eigenvalue weighted by Crippen LogP contribution is -2.51. The van der Waals surface area contributed by atoms with Crippen LogP contribution in [0, 0.1) is 0 Å². The van der Waals surface area contributed by atoms with Crippen molar-refractivity contribution in [2.24, 2.45) is 0 Å². The summed E-state index contributed by atoms with van der Waals surface area (Å²) in [7, 11) is 1.87. The number of rotatable bonds is 6. The zero-order valence-corrected chi connectivity index (χ0v) is 12.9. The predicted octanol–water partition coefficient (Wildman–Crippen LogP) is 2.80. The van der Waals surface area contributed by atoms with Gasteiger partial charge in [-0.15, -0.1) is 0 Å². The summed E-state index contributed by atoms with van der Waals surface area (Å²) in [6, 6.07) is 1.32. The zero-order valence-electron chi connectivity index (χ0n) is 12.9. The number of piperidine rings is 1. The molecule has 2 unspecified atom stereocenters. The van der Waals surface area contributed by atoms with Gasteiger partial charge in [-0.05, 0) is 51.7 Å². The van der Waals surface area contributed by atoms with Gasteiger partial charge in [-0.3, -0.25) is 0 Å². The highest BCUT2D eigenvalue weighted by molar-refractivity contribution is 4.87. The van der Waals surface area contributed by atoms with Crippen LogP contribution in [0.4, 0.5) is 0 Å². The van der Waals surface area contributed by atoms with Gasteiger partial charge in [0.2, 0.25) is 0 Å². The van der Waals surface area contributed by atoms with Gasteiger partial charge in [-0.1, -0.05) is 26.2 Å². The topological polar surface area (TPSA) is 24.5 Å². The third-order valence-corrected chi connectivity index (χ3v) is 4.87. The maximum absolute atomic E-state index is 5.65. The average Bonchev–Trinajstić information content (AvgIpc) is 2.47. The fraction of sp³-hybridized carbons (Fsp3) is 1.00. The molecular weight excluding hydrogens is 236 g/mol. The van der Waals surface area contributed by atoms with Crippen LogP contribution in [0.1, 0.15) is 58.3 Å². The summed E-state index contributed by atoms with van der Waals surface area (Å²) in [4.78, 5) is 2.64. The second-order valence-electron chi connectivity index (χ2n) is 6.30. The fourth-order valence-corrected chi connectivity index (χ4v) is 3.58. The smallest absolute Gasteiger partial charge is 0.0724 e. The molecule has 0 amide bonds. The summed E-state index contributed by atoms with van der Waals surface area (Å²) in [6.45, 7) is 6.14. The second-order valence-corrected chi connectivity index (χ2v) is 6.30. The van der Waals surface area contributed by atoms with E-state index < -0.39 is 0 Å². The molecule has 1 saturated heterocycles. The van der Waals surface area contributed by atoms with Crippen LogP contribution in [0.5, 0.6) is 0 Å². The Labute approximate surface area is 119 Å². The molecule has 1 aliphatic heterocycles. The first kappa shape index (κ1) is 15.3. The maximum atomic E-state index is 5.65. The van der Waals surface area contributed by atoms with Crippen LogP contribution in [0.3, 0.4) is 0 Å². The van der Waals surface area contributed by atoms with Gasteiger partial charge >= 0.3 is 0 Å². The Morgan fingerprint density at radius 2 is 1.84 bits per heavy atom. The minimum absolute atomic E-state index is 0.451. The molecule has 0 aromatic carbocycles. The Hall–Kier alpha value is -0.120. The number of methoxy groups -OCH3 is 1. The quantitative estimate of drug-likeness (QED) is 0.801. The van der Waals surface area contributed by atoms with Crippen molar-refractivity contribution in [3.05, 3.63) is 0 Å². The summed E-state index contributed by atoms with van der Waals surface area (Å²) < 4.78 is 5.65. The van der Waals surface area contributed by atoms with Crippen molar-refractivity contribution < 1.29 is 4.74 Å². The lowest BCUT2D eigenvalue weighted by Gasteiger charge is -2.38. The molecular formula is C16H32N2O. The Morgan fingerprint density at radius 3 is 2.53 bits per heavy atom. The molecule has 1 heterocycles. The van der Waals surface area contributed by atoms with Crippen LogP contribution in [0.25, 0.3) is 0 Å². The van der Waals surface area contributed by atoms with Crippen LogP contribution in [-0.4, -0.2) is 49.8 Å². The lowest BCUT2D eigenvalue weighted by atomic mass is 9.91. The van der Waals surface area contributed by atoms with E-state index in [1.165, 1.54) is 71.0 Å². The molecule has 0 spiro atoms. The minimum Gasteiger partial charge on any atom is -0.380 e. The van der Waals surface area contributed by atoms with Crippen molar-refractivity contribution in [2.45, 2.75) is 76.5 Å². The van der Waals surface area contributed by atoms with E-state index in [0.29, 0.717) is 12.1 Å². The van der Waals surface area contributed by atoms with Crippen LogP contribution in [0.2, 0.25) is 0 Å². The molecule has 2 atom stereocenters. The Balaban J connectivity index is 1.69. The molecule has 2 aliphatic rings. The highest BCUT2D eigenvalue weighted by Gasteiger charge is 2.28. The number of ether oxygens (including phenoxy) is 1. The van der Waals surface area contributed by atoms with E-state index in [2.05, 4.69) is 17.1 Å². The molecule has 19 heavy (non-hydrogen) atoms. The standard InChI is InChI=1S/C16H32N2O/c1-3-4-11-18-12-9-14(10-13-18)17-15-7-5-6-8-16(15)19-2/h14-17H,3-13H2,1-2H3. The normalized spacial score (nSPS) is 30.6. The second kappa shape index (κ2) is 8.23. The van der Waals surface area contributed by atoms with E-state index in [1.807, 2.05) is 7.11 Å². The van der Waals surface area contributed by atoms with E-state index in [1.54, 1.807) is 0 Å². The van der Waals surface area contributed by atoms with E-state index in [4.69, 9.17) is 4.74 Å². The summed E-state index contributed by atoms with van der Waals surface area (Å²) in [5.74, 6) is 0. The van der Waals surface area contributed by atoms with Crippen molar-refractivity contribution in [3.8, 4) is 0 Å². The van der Waals surface area contributed by atoms with Crippen LogP contribution < -0.4 is 5.32 Å². The van der Waals surface area contributed by atoms with Gasteiger partial charge < -0.3 is 15.0 Å². The maximum Gasteiger partial charge on any atom is 0.0724 e. The molecule has 3 nitrogen and oxygen atoms in total. The summed E-state index contributed by atoms with van der Waals surface area (Å²) in [5, 5.41) is 3.88. The summed E-state index contributed by atoms with van der Waals surface area (Å²) in [6.07, 6.45) is 11.0. The van der Waals surface area contributed by atoms with Gasteiger partial charge in [-0.25, -0.2) is 0 Å². The first-order valence-electron chi connectivity index (χ1n) is 8.34. The number of likely N-dealkylation sites (tertiary alicyclic amines) is 1. The minimum atomic E-state index is 0.451. The first-order chi connectivity index (χ1) is 9.33. The molecule has 1 saturated carbocycles. The molecule has 1 N–H and O–H groups in total. The highest BCUT2D eigenvalue weighted by Crippen LogP contribution is 2.22. The predicted molar refractivity (Wildman–Crippen MR) is 80.6 cm³/mol. The number of unbranched alkanes of at least 4 members (excludes halogenated alkanes) is 1. The lowest BCUT2D eigenvalue weighted by molar-refractivity contribution is 0.0336. The third-order valence-electron chi connectivity index (χ3n) is 4.87. The molecule has 0 radical (unpaired) electrons. The Morgan fingerprint density at radius 1 is 1.11 bits per heavy atom. The number of hydrogen-bond donors (Lipinski definition) is 1. The molecule has 2 fully saturated rings. The molecule has 0 bridgehead atoms. The zero-order chi connectivity index (χ0) is 13.5. The van der Waals surface area contributed by atoms with Crippen LogP contribution in [0.15, 0.2) is 0 Å². The largest absolute Gasteiger partial charge is 0.380 e. The van der Waals surface area contributed by atoms with Gasteiger partial charge in [0.25, 0.3) is 0 Å². The van der Waals surface area contributed by atoms with Gasteiger partial charge in [-0.2, -0.15) is 0 Å². The van der Waals surface area contributed by atoms with E-state index >= 15 is 0 Å². The molecule has 0 aromatic rings. The monoisotopic (exact) mass is 268 g/mol. The van der Waals surface area contributed by atoms with Gasteiger partial charge in [0, 0.05) is 19.2 Å². The van der Waals surface area contributed by atoms with E-state index in [9.17, 15) is 0 Å². The summed E-state index contributed by atoms with van der Waals surface area (Å²) in [5.41, 5.74) is 0. The van der Waals surface area contributed by atoms with Crippen molar-refractivity contribution in [3.63, 3.8) is 0 Å². The van der Waals surface area contributed by atoms with Crippen LogP contribution in [-0.2, 0) is 4.74 Å². The summed E-state index contributed by atoms with van der Waals surface area (Å²) >= 11 is 0. The van der Waals surface area contributed by atoms with Crippen molar-refractivity contribution in [2.75, 3.05) is 26.7 Å². The SMILES string of the molecule is CCCCN1CCC(NC2CCCCC2OC)CC1. The first-order valence-corrected chi connectivity index (χ1v) is 8.34. The molecule has 112 valence electrons. The van der Waals surface area contributed by atoms with Crippen molar-refractivity contribution in [1.82, 2.24) is 10.2 Å². The van der Waals surface area contributed by atoms with Gasteiger partial charge in [0.1, 0.15) is 0 Å². The molecule has 2 rings (SSSR count). The fourth-order valence-electron chi connectivity index (χ4n) is 3.58. The molecule has 3 heteroatoms. The van der Waals surface area contributed by atoms with Crippen molar-refractivity contribution in [1.29, 1.82) is 0 Å². The Bertz CT molecular complexity index is 239.